The standard InChI is InChI=1S/C15H16O4S/c16-15(17)8-10-20(18)11-9-19-14-7-3-5-12-4-1-2-6-13(12)14/h1-7H,8-11H2,(H,16,17). The maximum atomic E-state index is 11.6. The SMILES string of the molecule is O=C(O)CCS(=O)CCOc1cccc2ccccc12. The summed E-state index contributed by atoms with van der Waals surface area (Å²) in [7, 11) is -1.15. The van der Waals surface area contributed by atoms with E-state index in [2.05, 4.69) is 0 Å². The van der Waals surface area contributed by atoms with E-state index >= 15 is 0 Å². The fourth-order valence-corrected chi connectivity index (χ4v) is 2.74. The fraction of sp³-hybridized carbons (Fsp3) is 0.267. The molecule has 0 saturated heterocycles. The van der Waals surface area contributed by atoms with Crippen LogP contribution in [0.3, 0.4) is 0 Å². The average Bonchev–Trinajstić information content (AvgIpc) is 2.45. The molecular formula is C15H16O4S. The quantitative estimate of drug-likeness (QED) is 0.851. The van der Waals surface area contributed by atoms with Gasteiger partial charge in [-0.1, -0.05) is 36.4 Å². The molecule has 4 nitrogen and oxygen atoms in total. The van der Waals surface area contributed by atoms with Crippen molar-refractivity contribution in [1.82, 2.24) is 0 Å². The summed E-state index contributed by atoms with van der Waals surface area (Å²) in [5.74, 6) is 0.358. The van der Waals surface area contributed by atoms with E-state index in [0.717, 1.165) is 16.5 Å². The molecule has 2 aromatic rings. The van der Waals surface area contributed by atoms with Gasteiger partial charge in [-0.2, -0.15) is 0 Å². The van der Waals surface area contributed by atoms with Crippen molar-refractivity contribution in [3.05, 3.63) is 42.5 Å². The van der Waals surface area contributed by atoms with Crippen molar-refractivity contribution in [3.63, 3.8) is 0 Å². The Hall–Kier alpha value is -1.88. The van der Waals surface area contributed by atoms with Crippen LogP contribution in [0.4, 0.5) is 0 Å². The third-order valence-corrected chi connectivity index (χ3v) is 4.14. The number of carboxylic acid groups (broad SMARTS) is 1. The molecule has 0 amide bonds. The van der Waals surface area contributed by atoms with Crippen LogP contribution in [0.1, 0.15) is 6.42 Å². The predicted molar refractivity (Wildman–Crippen MR) is 79.6 cm³/mol. The lowest BCUT2D eigenvalue weighted by Gasteiger charge is -2.09. The zero-order chi connectivity index (χ0) is 14.4. The van der Waals surface area contributed by atoms with E-state index in [0.29, 0.717) is 12.4 Å². The summed E-state index contributed by atoms with van der Waals surface area (Å²) in [5, 5.41) is 10.6. The number of hydrogen-bond acceptors (Lipinski definition) is 3. The molecule has 0 radical (unpaired) electrons. The Morgan fingerprint density at radius 1 is 1.10 bits per heavy atom. The monoisotopic (exact) mass is 292 g/mol. The molecule has 1 unspecified atom stereocenters. The highest BCUT2D eigenvalue weighted by Gasteiger charge is 2.05. The van der Waals surface area contributed by atoms with Gasteiger partial charge in [0.15, 0.2) is 0 Å². The molecular weight excluding hydrogens is 276 g/mol. The highest BCUT2D eigenvalue weighted by atomic mass is 32.2. The lowest BCUT2D eigenvalue weighted by Crippen LogP contribution is -2.13. The van der Waals surface area contributed by atoms with E-state index in [1.807, 2.05) is 42.5 Å². The van der Waals surface area contributed by atoms with Gasteiger partial charge in [0.1, 0.15) is 5.75 Å². The number of fused-ring (bicyclic) bond motifs is 1. The summed E-state index contributed by atoms with van der Waals surface area (Å²) < 4.78 is 17.2. The fourth-order valence-electron chi connectivity index (χ4n) is 1.87. The Balaban J connectivity index is 1.90. The van der Waals surface area contributed by atoms with Gasteiger partial charge in [0, 0.05) is 21.9 Å². The Labute approximate surface area is 119 Å². The lowest BCUT2D eigenvalue weighted by atomic mass is 10.1. The third-order valence-electron chi connectivity index (χ3n) is 2.86. The van der Waals surface area contributed by atoms with E-state index in [1.165, 1.54) is 0 Å². The smallest absolute Gasteiger partial charge is 0.304 e. The predicted octanol–water partition coefficient (Wildman–Crippen LogP) is 2.44. The normalized spacial score (nSPS) is 12.2. The van der Waals surface area contributed by atoms with Gasteiger partial charge in [-0.15, -0.1) is 0 Å². The van der Waals surface area contributed by atoms with Crippen LogP contribution in [0.2, 0.25) is 0 Å². The van der Waals surface area contributed by atoms with Crippen LogP contribution in [-0.4, -0.2) is 33.4 Å². The molecule has 106 valence electrons. The number of carboxylic acids is 1. The maximum absolute atomic E-state index is 11.6. The molecule has 0 bridgehead atoms. The molecule has 2 rings (SSSR count). The Kier molecular flexibility index (Phi) is 5.12. The molecule has 0 saturated carbocycles. The van der Waals surface area contributed by atoms with E-state index in [9.17, 15) is 9.00 Å². The number of carbonyl (C=O) groups is 1. The molecule has 2 aromatic carbocycles. The first-order valence-corrected chi connectivity index (χ1v) is 7.83. The van der Waals surface area contributed by atoms with Crippen LogP contribution >= 0.6 is 0 Å². The van der Waals surface area contributed by atoms with Gasteiger partial charge < -0.3 is 9.84 Å². The second-order valence-corrected chi connectivity index (χ2v) is 6.01. The summed E-state index contributed by atoms with van der Waals surface area (Å²) in [6.07, 6.45) is -0.0686. The average molecular weight is 292 g/mol. The number of benzene rings is 2. The zero-order valence-electron chi connectivity index (χ0n) is 11.0. The zero-order valence-corrected chi connectivity index (χ0v) is 11.8. The van der Waals surface area contributed by atoms with Crippen molar-refractivity contribution in [1.29, 1.82) is 0 Å². The minimum absolute atomic E-state index is 0.0686. The van der Waals surface area contributed by atoms with Crippen LogP contribution in [0.25, 0.3) is 10.8 Å². The Morgan fingerprint density at radius 2 is 1.85 bits per heavy atom. The van der Waals surface area contributed by atoms with Gasteiger partial charge in [0.05, 0.1) is 18.8 Å². The molecule has 0 aliphatic heterocycles. The molecule has 1 N–H and O–H groups in total. The minimum atomic E-state index is -1.15. The van der Waals surface area contributed by atoms with E-state index < -0.39 is 16.8 Å². The third kappa shape index (κ3) is 4.06. The molecule has 0 aromatic heterocycles. The number of ether oxygens (including phenoxy) is 1. The molecule has 0 aliphatic carbocycles. The number of aliphatic carboxylic acids is 1. The summed E-state index contributed by atoms with van der Waals surface area (Å²) >= 11 is 0. The first-order valence-electron chi connectivity index (χ1n) is 6.34. The molecule has 0 spiro atoms. The van der Waals surface area contributed by atoms with Crippen molar-refractivity contribution < 1.29 is 18.8 Å². The topological polar surface area (TPSA) is 63.6 Å². The van der Waals surface area contributed by atoms with Gasteiger partial charge in [-0.25, -0.2) is 0 Å². The second kappa shape index (κ2) is 7.05. The van der Waals surface area contributed by atoms with E-state index in [4.69, 9.17) is 9.84 Å². The van der Waals surface area contributed by atoms with Crippen molar-refractivity contribution in [3.8, 4) is 5.75 Å². The van der Waals surface area contributed by atoms with Gasteiger partial charge in [-0.05, 0) is 11.5 Å². The van der Waals surface area contributed by atoms with Crippen LogP contribution in [0.5, 0.6) is 5.75 Å². The van der Waals surface area contributed by atoms with Crippen LogP contribution in [0.15, 0.2) is 42.5 Å². The highest BCUT2D eigenvalue weighted by molar-refractivity contribution is 7.85. The van der Waals surface area contributed by atoms with Crippen molar-refractivity contribution in [2.24, 2.45) is 0 Å². The van der Waals surface area contributed by atoms with Crippen molar-refractivity contribution in [2.45, 2.75) is 6.42 Å². The van der Waals surface area contributed by atoms with E-state index in [1.54, 1.807) is 0 Å². The Morgan fingerprint density at radius 3 is 2.65 bits per heavy atom. The van der Waals surface area contributed by atoms with Crippen molar-refractivity contribution in [2.75, 3.05) is 18.1 Å². The minimum Gasteiger partial charge on any atom is -0.492 e. The summed E-state index contributed by atoms with van der Waals surface area (Å²) in [4.78, 5) is 10.4. The highest BCUT2D eigenvalue weighted by Crippen LogP contribution is 2.24. The Bertz CT molecular complexity index is 619. The summed E-state index contributed by atoms with van der Waals surface area (Å²) in [5.41, 5.74) is 0. The van der Waals surface area contributed by atoms with Crippen LogP contribution in [0, 0.1) is 0 Å². The number of rotatable bonds is 7. The van der Waals surface area contributed by atoms with Crippen LogP contribution in [-0.2, 0) is 15.6 Å². The molecule has 0 aliphatic rings. The van der Waals surface area contributed by atoms with Gasteiger partial charge >= 0.3 is 5.97 Å². The van der Waals surface area contributed by atoms with Crippen molar-refractivity contribution >= 4 is 27.5 Å². The summed E-state index contributed by atoms with van der Waals surface area (Å²) in [6.45, 7) is 0.320. The van der Waals surface area contributed by atoms with Gasteiger partial charge in [0.2, 0.25) is 0 Å². The molecule has 0 heterocycles. The van der Waals surface area contributed by atoms with Crippen LogP contribution < -0.4 is 4.74 Å². The first kappa shape index (κ1) is 14.5. The molecule has 5 heteroatoms. The first-order chi connectivity index (χ1) is 9.66. The maximum Gasteiger partial charge on any atom is 0.304 e. The molecule has 20 heavy (non-hydrogen) atoms. The number of hydrogen-bond donors (Lipinski definition) is 1. The largest absolute Gasteiger partial charge is 0.492 e. The molecule has 1 atom stereocenters. The van der Waals surface area contributed by atoms with Gasteiger partial charge in [-0.3, -0.25) is 9.00 Å². The van der Waals surface area contributed by atoms with E-state index in [-0.39, 0.29) is 12.2 Å². The summed E-state index contributed by atoms with van der Waals surface area (Å²) in [6, 6.07) is 13.7. The second-order valence-electron chi connectivity index (χ2n) is 4.32. The molecule has 0 fully saturated rings. The van der Waals surface area contributed by atoms with Gasteiger partial charge in [0.25, 0.3) is 0 Å². The lowest BCUT2D eigenvalue weighted by molar-refractivity contribution is -0.136.